The zero-order chi connectivity index (χ0) is 17.1. The maximum Gasteiger partial charge on any atom is 0.254 e. The fraction of sp³-hybridized carbons (Fsp3) is 0.286. The summed E-state index contributed by atoms with van der Waals surface area (Å²) >= 11 is 0. The number of likely N-dealkylation sites (tertiary alicyclic amines) is 1. The minimum absolute atomic E-state index is 0.124. The van der Waals surface area contributed by atoms with Crippen LogP contribution in [0.4, 0.5) is 0 Å². The van der Waals surface area contributed by atoms with Gasteiger partial charge in [-0.15, -0.1) is 0 Å². The Morgan fingerprint density at radius 1 is 1.04 bits per heavy atom. The maximum atomic E-state index is 13.0. The van der Waals surface area contributed by atoms with Crippen molar-refractivity contribution in [3.05, 3.63) is 72.2 Å². The first-order valence-corrected chi connectivity index (χ1v) is 8.83. The molecule has 1 aliphatic heterocycles. The molecule has 126 valence electrons. The third-order valence-corrected chi connectivity index (χ3v) is 5.03. The lowest BCUT2D eigenvalue weighted by molar-refractivity contribution is 0.0692. The zero-order valence-corrected chi connectivity index (χ0v) is 14.1. The summed E-state index contributed by atoms with van der Waals surface area (Å²) in [5.74, 6) is 0.751. The van der Waals surface area contributed by atoms with Crippen LogP contribution in [-0.4, -0.2) is 33.9 Å². The smallest absolute Gasteiger partial charge is 0.254 e. The molecule has 1 aliphatic rings. The van der Waals surface area contributed by atoms with E-state index < -0.39 is 0 Å². The highest BCUT2D eigenvalue weighted by Crippen LogP contribution is 2.24. The Morgan fingerprint density at radius 2 is 1.88 bits per heavy atom. The van der Waals surface area contributed by atoms with Crippen molar-refractivity contribution < 1.29 is 4.79 Å². The van der Waals surface area contributed by atoms with Gasteiger partial charge in [-0.3, -0.25) is 14.8 Å². The van der Waals surface area contributed by atoms with E-state index in [-0.39, 0.29) is 5.91 Å². The molecule has 0 unspecified atom stereocenters. The first-order chi connectivity index (χ1) is 12.3. The molecule has 0 atom stereocenters. The number of fused-ring (bicyclic) bond motifs is 1. The van der Waals surface area contributed by atoms with E-state index in [0.717, 1.165) is 48.8 Å². The van der Waals surface area contributed by atoms with E-state index in [4.69, 9.17) is 0 Å². The molecule has 1 fully saturated rings. The van der Waals surface area contributed by atoms with Crippen molar-refractivity contribution in [3.8, 4) is 0 Å². The summed E-state index contributed by atoms with van der Waals surface area (Å²) in [5, 5.41) is 0.937. The van der Waals surface area contributed by atoms with Crippen LogP contribution in [0.25, 0.3) is 10.9 Å². The van der Waals surface area contributed by atoms with Gasteiger partial charge in [0.15, 0.2) is 0 Å². The Morgan fingerprint density at radius 3 is 2.68 bits per heavy atom. The molecule has 0 aliphatic carbocycles. The van der Waals surface area contributed by atoms with E-state index in [1.807, 2.05) is 53.7 Å². The number of nitrogens with zero attached hydrogens (tertiary/aromatic N) is 3. The number of carbonyl (C=O) groups excluding carboxylic acids is 1. The molecule has 0 radical (unpaired) electrons. The van der Waals surface area contributed by atoms with Crippen LogP contribution in [0, 0.1) is 5.92 Å². The summed E-state index contributed by atoms with van der Waals surface area (Å²) in [5.41, 5.74) is 2.92. The predicted molar refractivity (Wildman–Crippen MR) is 98.3 cm³/mol. The Kier molecular flexibility index (Phi) is 4.42. The first-order valence-electron chi connectivity index (χ1n) is 8.83. The van der Waals surface area contributed by atoms with E-state index in [9.17, 15) is 4.79 Å². The molecule has 1 aromatic carbocycles. The van der Waals surface area contributed by atoms with Crippen LogP contribution in [0.1, 0.15) is 28.8 Å². The van der Waals surface area contributed by atoms with Gasteiger partial charge >= 0.3 is 0 Å². The highest BCUT2D eigenvalue weighted by molar-refractivity contribution is 6.05. The second-order valence-electron chi connectivity index (χ2n) is 6.68. The van der Waals surface area contributed by atoms with Crippen molar-refractivity contribution >= 4 is 16.8 Å². The van der Waals surface area contributed by atoms with E-state index in [1.165, 1.54) is 5.56 Å². The lowest BCUT2D eigenvalue weighted by Gasteiger charge is -2.32. The number of benzene rings is 1. The number of para-hydroxylation sites is 1. The molecular weight excluding hydrogens is 310 g/mol. The number of aromatic nitrogens is 2. The van der Waals surface area contributed by atoms with Crippen molar-refractivity contribution in [1.29, 1.82) is 0 Å². The average molecular weight is 331 g/mol. The van der Waals surface area contributed by atoms with Crippen LogP contribution >= 0.6 is 0 Å². The van der Waals surface area contributed by atoms with Crippen molar-refractivity contribution in [2.75, 3.05) is 13.1 Å². The van der Waals surface area contributed by atoms with Gasteiger partial charge in [-0.25, -0.2) is 0 Å². The Labute approximate surface area is 147 Å². The highest BCUT2D eigenvalue weighted by atomic mass is 16.2. The summed E-state index contributed by atoms with van der Waals surface area (Å²) in [6, 6.07) is 13.8. The van der Waals surface area contributed by atoms with E-state index in [1.54, 1.807) is 6.20 Å². The molecule has 0 bridgehead atoms. The average Bonchev–Trinajstić information content (AvgIpc) is 2.68. The van der Waals surface area contributed by atoms with Crippen LogP contribution in [-0.2, 0) is 6.42 Å². The number of hydrogen-bond acceptors (Lipinski definition) is 3. The predicted octanol–water partition coefficient (Wildman–Crippen LogP) is 3.72. The van der Waals surface area contributed by atoms with Crippen molar-refractivity contribution in [3.63, 3.8) is 0 Å². The van der Waals surface area contributed by atoms with Gasteiger partial charge in [0.1, 0.15) is 0 Å². The highest BCUT2D eigenvalue weighted by Gasteiger charge is 2.24. The van der Waals surface area contributed by atoms with Gasteiger partial charge < -0.3 is 4.90 Å². The lowest BCUT2D eigenvalue weighted by Crippen LogP contribution is -2.39. The normalized spacial score (nSPS) is 15.4. The summed E-state index contributed by atoms with van der Waals surface area (Å²) in [7, 11) is 0. The monoisotopic (exact) mass is 331 g/mol. The van der Waals surface area contributed by atoms with Crippen LogP contribution < -0.4 is 0 Å². The standard InChI is InChI=1S/C21H21N3O/c25-21(19-7-11-23-20-6-2-1-5-18(19)20)24-12-8-16(9-13-24)14-17-4-3-10-22-15-17/h1-7,10-11,15-16H,8-9,12-14H2. The lowest BCUT2D eigenvalue weighted by atomic mass is 9.90. The van der Waals surface area contributed by atoms with Crippen LogP contribution in [0.15, 0.2) is 61.1 Å². The number of hydrogen-bond donors (Lipinski definition) is 0. The number of pyridine rings is 2. The van der Waals surface area contributed by atoms with Crippen LogP contribution in [0.5, 0.6) is 0 Å². The quantitative estimate of drug-likeness (QED) is 0.735. The Balaban J connectivity index is 1.44. The molecule has 1 amide bonds. The molecule has 0 spiro atoms. The minimum Gasteiger partial charge on any atom is -0.339 e. The van der Waals surface area contributed by atoms with E-state index in [0.29, 0.717) is 5.92 Å². The molecule has 4 rings (SSSR count). The Hall–Kier alpha value is -2.75. The van der Waals surface area contributed by atoms with E-state index in [2.05, 4.69) is 16.0 Å². The molecule has 4 nitrogen and oxygen atoms in total. The molecule has 0 saturated carbocycles. The van der Waals surface area contributed by atoms with Crippen molar-refractivity contribution in [2.45, 2.75) is 19.3 Å². The fourth-order valence-electron chi connectivity index (χ4n) is 3.65. The van der Waals surface area contributed by atoms with Gasteiger partial charge in [0, 0.05) is 37.1 Å². The summed E-state index contributed by atoms with van der Waals surface area (Å²) in [6.07, 6.45) is 8.62. The van der Waals surface area contributed by atoms with Gasteiger partial charge in [0.25, 0.3) is 5.91 Å². The summed E-state index contributed by atoms with van der Waals surface area (Å²) in [4.78, 5) is 23.5. The second kappa shape index (κ2) is 7.01. The van der Waals surface area contributed by atoms with Crippen LogP contribution in [0.2, 0.25) is 0 Å². The molecular formula is C21H21N3O. The summed E-state index contributed by atoms with van der Waals surface area (Å²) < 4.78 is 0. The Bertz CT molecular complexity index is 865. The van der Waals surface area contributed by atoms with Crippen LogP contribution in [0.3, 0.4) is 0 Å². The third-order valence-electron chi connectivity index (χ3n) is 5.03. The molecule has 25 heavy (non-hydrogen) atoms. The van der Waals surface area contributed by atoms with Gasteiger partial charge in [0.05, 0.1) is 11.1 Å². The third kappa shape index (κ3) is 3.38. The minimum atomic E-state index is 0.124. The number of rotatable bonds is 3. The van der Waals surface area contributed by atoms with Gasteiger partial charge in [-0.05, 0) is 48.9 Å². The van der Waals surface area contributed by atoms with Gasteiger partial charge in [0.2, 0.25) is 0 Å². The van der Waals surface area contributed by atoms with Gasteiger partial charge in [-0.2, -0.15) is 0 Å². The number of piperidine rings is 1. The molecule has 2 aromatic heterocycles. The second-order valence-corrected chi connectivity index (χ2v) is 6.68. The number of carbonyl (C=O) groups is 1. The van der Waals surface area contributed by atoms with Crippen molar-refractivity contribution in [2.24, 2.45) is 5.92 Å². The SMILES string of the molecule is O=C(c1ccnc2ccccc12)N1CCC(Cc2cccnc2)CC1. The maximum absolute atomic E-state index is 13.0. The molecule has 1 saturated heterocycles. The fourth-order valence-corrected chi connectivity index (χ4v) is 3.65. The topological polar surface area (TPSA) is 46.1 Å². The molecule has 3 aromatic rings. The molecule has 0 N–H and O–H groups in total. The van der Waals surface area contributed by atoms with E-state index >= 15 is 0 Å². The molecule has 3 heterocycles. The zero-order valence-electron chi connectivity index (χ0n) is 14.1. The summed E-state index contributed by atoms with van der Waals surface area (Å²) in [6.45, 7) is 1.64. The molecule has 4 heteroatoms. The number of amides is 1. The largest absolute Gasteiger partial charge is 0.339 e. The van der Waals surface area contributed by atoms with Crippen molar-refractivity contribution in [1.82, 2.24) is 14.9 Å². The first kappa shape index (κ1) is 15.8. The van der Waals surface area contributed by atoms with Gasteiger partial charge in [-0.1, -0.05) is 24.3 Å².